The van der Waals surface area contributed by atoms with Gasteiger partial charge in [0.05, 0.1) is 6.61 Å². The fraction of sp³-hybridized carbons (Fsp3) is 0.750. The van der Waals surface area contributed by atoms with Crippen LogP contribution in [0.2, 0.25) is 0 Å². The first-order valence-electron chi connectivity index (χ1n) is 2.11. The van der Waals surface area contributed by atoms with Gasteiger partial charge < -0.3 is 15.6 Å². The van der Waals surface area contributed by atoms with Crippen molar-refractivity contribution in [3.05, 3.63) is 0 Å². The Kier molecular flexibility index (Phi) is 9.28. The van der Waals surface area contributed by atoms with Gasteiger partial charge in [0.25, 0.3) is 0 Å². The molecule has 0 saturated carbocycles. The van der Waals surface area contributed by atoms with E-state index >= 15 is 0 Å². The van der Waals surface area contributed by atoms with E-state index in [1.165, 1.54) is 0 Å². The molecule has 0 aromatic heterocycles. The van der Waals surface area contributed by atoms with Crippen LogP contribution >= 0.6 is 12.4 Å². The topological polar surface area (TPSA) is 63.3 Å². The summed E-state index contributed by atoms with van der Waals surface area (Å²) >= 11 is 0. The van der Waals surface area contributed by atoms with Crippen molar-refractivity contribution in [1.82, 2.24) is 0 Å². The highest BCUT2D eigenvalue weighted by Crippen LogP contribution is 1.77. The van der Waals surface area contributed by atoms with Crippen molar-refractivity contribution < 1.29 is 9.90 Å². The van der Waals surface area contributed by atoms with Crippen LogP contribution in [0.4, 0.5) is 0 Å². The Morgan fingerprint density at radius 1 is 1.75 bits per heavy atom. The highest BCUT2D eigenvalue weighted by Gasteiger charge is 1.94. The zero-order valence-corrected chi connectivity index (χ0v) is 5.23. The second-order valence-corrected chi connectivity index (χ2v) is 1.35. The van der Waals surface area contributed by atoms with Crippen LogP contribution in [0.25, 0.3) is 0 Å². The van der Waals surface area contributed by atoms with Gasteiger partial charge in [0.1, 0.15) is 6.29 Å². The van der Waals surface area contributed by atoms with E-state index in [4.69, 9.17) is 10.8 Å². The maximum atomic E-state index is 9.58. The highest BCUT2D eigenvalue weighted by atomic mass is 35.5. The second-order valence-electron chi connectivity index (χ2n) is 1.35. The standard InChI is InChI=1S/C4H9NO2.ClH/c5-4(3-7)1-2-6;/h2,4,7H,1,3,5H2;1H. The minimum atomic E-state index is -0.363. The normalized spacial score (nSPS) is 11.8. The summed E-state index contributed by atoms with van der Waals surface area (Å²) < 4.78 is 0. The predicted octanol–water partition coefficient (Wildman–Crippen LogP) is -0.683. The van der Waals surface area contributed by atoms with Crippen LogP contribution in [0.3, 0.4) is 0 Å². The largest absolute Gasteiger partial charge is 0.395 e. The zero-order valence-electron chi connectivity index (χ0n) is 4.41. The van der Waals surface area contributed by atoms with Gasteiger partial charge in [-0.3, -0.25) is 0 Å². The predicted molar refractivity (Wildman–Crippen MR) is 33.0 cm³/mol. The van der Waals surface area contributed by atoms with Gasteiger partial charge in [0, 0.05) is 12.5 Å². The van der Waals surface area contributed by atoms with E-state index in [1.54, 1.807) is 0 Å². The van der Waals surface area contributed by atoms with Crippen molar-refractivity contribution in [3.8, 4) is 0 Å². The Morgan fingerprint density at radius 3 is 2.38 bits per heavy atom. The third-order valence-corrected chi connectivity index (χ3v) is 0.633. The molecule has 8 heavy (non-hydrogen) atoms. The molecule has 0 aromatic rings. The molecule has 0 saturated heterocycles. The molecule has 4 heteroatoms. The summed E-state index contributed by atoms with van der Waals surface area (Å²) in [5.74, 6) is 0. The van der Waals surface area contributed by atoms with Crippen LogP contribution in [-0.4, -0.2) is 24.0 Å². The lowest BCUT2D eigenvalue weighted by Crippen LogP contribution is -2.24. The van der Waals surface area contributed by atoms with Gasteiger partial charge >= 0.3 is 0 Å². The lowest BCUT2D eigenvalue weighted by atomic mass is 10.3. The fourth-order valence-corrected chi connectivity index (χ4v) is 0.198. The maximum absolute atomic E-state index is 9.58. The van der Waals surface area contributed by atoms with E-state index in [2.05, 4.69) is 0 Å². The van der Waals surface area contributed by atoms with Gasteiger partial charge in [0.2, 0.25) is 0 Å². The number of hydrogen-bond acceptors (Lipinski definition) is 3. The van der Waals surface area contributed by atoms with Crippen molar-refractivity contribution in [2.45, 2.75) is 12.5 Å². The Balaban J connectivity index is 0. The fourth-order valence-electron chi connectivity index (χ4n) is 0.198. The molecular weight excluding hydrogens is 130 g/mol. The average Bonchev–Trinajstić information content (AvgIpc) is 1.68. The van der Waals surface area contributed by atoms with E-state index in [9.17, 15) is 4.79 Å². The van der Waals surface area contributed by atoms with Crippen molar-refractivity contribution >= 4 is 18.7 Å². The van der Waals surface area contributed by atoms with Crippen molar-refractivity contribution in [2.75, 3.05) is 6.61 Å². The summed E-state index contributed by atoms with van der Waals surface area (Å²) in [5.41, 5.74) is 5.10. The molecule has 0 spiro atoms. The molecule has 0 fully saturated rings. The first-order chi connectivity index (χ1) is 3.31. The molecule has 3 nitrogen and oxygen atoms in total. The van der Waals surface area contributed by atoms with Gasteiger partial charge in [-0.25, -0.2) is 0 Å². The minimum Gasteiger partial charge on any atom is -0.395 e. The molecule has 0 aliphatic rings. The Morgan fingerprint density at radius 2 is 2.25 bits per heavy atom. The molecule has 0 amide bonds. The van der Waals surface area contributed by atoms with E-state index in [-0.39, 0.29) is 31.5 Å². The summed E-state index contributed by atoms with van der Waals surface area (Å²) in [6, 6.07) is -0.363. The summed E-state index contributed by atoms with van der Waals surface area (Å²) in [6.07, 6.45) is 0.942. The van der Waals surface area contributed by atoms with Crippen molar-refractivity contribution in [1.29, 1.82) is 0 Å². The number of halogens is 1. The lowest BCUT2D eigenvalue weighted by molar-refractivity contribution is -0.108. The van der Waals surface area contributed by atoms with Crippen molar-refractivity contribution in [3.63, 3.8) is 0 Å². The summed E-state index contributed by atoms with van der Waals surface area (Å²) in [6.45, 7) is -0.112. The van der Waals surface area contributed by atoms with Crippen LogP contribution in [-0.2, 0) is 4.79 Å². The number of carbonyl (C=O) groups is 1. The van der Waals surface area contributed by atoms with E-state index in [0.29, 0.717) is 6.29 Å². The molecule has 50 valence electrons. The van der Waals surface area contributed by atoms with Crippen LogP contribution in [0, 0.1) is 0 Å². The number of rotatable bonds is 3. The molecule has 0 rings (SSSR count). The monoisotopic (exact) mass is 139 g/mol. The second kappa shape index (κ2) is 6.88. The molecule has 3 N–H and O–H groups in total. The average molecular weight is 140 g/mol. The first-order valence-corrected chi connectivity index (χ1v) is 2.11. The van der Waals surface area contributed by atoms with Gasteiger partial charge in [-0.1, -0.05) is 0 Å². The van der Waals surface area contributed by atoms with Crippen molar-refractivity contribution in [2.24, 2.45) is 5.73 Å². The Labute approximate surface area is 54.3 Å². The van der Waals surface area contributed by atoms with E-state index in [1.807, 2.05) is 0 Å². The smallest absolute Gasteiger partial charge is 0.121 e. The SMILES string of the molecule is Cl.NC(CO)CC=O. The summed E-state index contributed by atoms with van der Waals surface area (Å²) in [7, 11) is 0. The van der Waals surface area contributed by atoms with Gasteiger partial charge in [-0.05, 0) is 0 Å². The van der Waals surface area contributed by atoms with Crippen LogP contribution in [0.15, 0.2) is 0 Å². The lowest BCUT2D eigenvalue weighted by Gasteiger charge is -1.98. The Hall–Kier alpha value is -0.120. The number of aliphatic hydroxyl groups excluding tert-OH is 1. The van der Waals surface area contributed by atoms with Crippen LogP contribution in [0.5, 0.6) is 0 Å². The zero-order chi connectivity index (χ0) is 5.70. The number of aldehydes is 1. The molecular formula is C4H10ClNO2. The van der Waals surface area contributed by atoms with Gasteiger partial charge in [-0.15, -0.1) is 12.4 Å². The van der Waals surface area contributed by atoms with Gasteiger partial charge in [0.15, 0.2) is 0 Å². The summed E-state index contributed by atoms with van der Waals surface area (Å²) in [4.78, 5) is 9.58. The molecule has 0 heterocycles. The highest BCUT2D eigenvalue weighted by molar-refractivity contribution is 5.85. The van der Waals surface area contributed by atoms with E-state index < -0.39 is 0 Å². The molecule has 0 aliphatic heterocycles. The molecule has 0 bridgehead atoms. The number of aliphatic hydroxyl groups is 1. The molecule has 0 aromatic carbocycles. The third kappa shape index (κ3) is 5.88. The number of carbonyl (C=O) groups excluding carboxylic acids is 1. The summed E-state index contributed by atoms with van der Waals surface area (Å²) in [5, 5.41) is 8.18. The third-order valence-electron chi connectivity index (χ3n) is 0.633. The van der Waals surface area contributed by atoms with Crippen LogP contribution < -0.4 is 5.73 Å². The van der Waals surface area contributed by atoms with E-state index in [0.717, 1.165) is 0 Å². The Bertz CT molecular complexity index is 60.0. The number of nitrogens with two attached hydrogens (primary N) is 1. The minimum absolute atomic E-state index is 0. The molecule has 0 aliphatic carbocycles. The number of hydrogen-bond donors (Lipinski definition) is 2. The molecule has 1 unspecified atom stereocenters. The quantitative estimate of drug-likeness (QED) is 0.509. The molecule has 0 radical (unpaired) electrons. The van der Waals surface area contributed by atoms with Crippen LogP contribution in [0.1, 0.15) is 6.42 Å². The first kappa shape index (κ1) is 10.8. The molecule has 1 atom stereocenters. The van der Waals surface area contributed by atoms with Gasteiger partial charge in [-0.2, -0.15) is 0 Å². The maximum Gasteiger partial charge on any atom is 0.121 e.